The molecular formula is C13H20ClN3O. The van der Waals surface area contributed by atoms with Crippen LogP contribution in [-0.4, -0.2) is 17.4 Å². The minimum absolute atomic E-state index is 0.0587. The summed E-state index contributed by atoms with van der Waals surface area (Å²) in [6.45, 7) is 6.57. The van der Waals surface area contributed by atoms with Crippen LogP contribution in [0.25, 0.3) is 0 Å². The topological polar surface area (TPSA) is 68.0 Å². The van der Waals surface area contributed by atoms with Gasteiger partial charge in [0.15, 0.2) is 0 Å². The van der Waals surface area contributed by atoms with Crippen LogP contribution in [0.1, 0.15) is 27.2 Å². The Balaban J connectivity index is 2.68. The third-order valence-corrected chi connectivity index (χ3v) is 2.69. The number of nitrogens with two attached hydrogens (primary N) is 1. The molecule has 3 N–H and O–H groups in total. The van der Waals surface area contributed by atoms with Gasteiger partial charge in [-0.2, -0.15) is 0 Å². The predicted octanol–water partition coefficient (Wildman–Crippen LogP) is 2.68. The lowest BCUT2D eigenvalue weighted by Crippen LogP contribution is -2.32. The first kappa shape index (κ1) is 14.9. The number of hydrogen-bond acceptors (Lipinski definition) is 3. The molecule has 0 aromatic carbocycles. The number of carbonyl (C=O) groups is 1. The maximum Gasteiger partial charge on any atom is 0.229 e. The second kappa shape index (κ2) is 6.16. The molecule has 0 aliphatic rings. The van der Waals surface area contributed by atoms with Crippen LogP contribution >= 0.6 is 11.6 Å². The zero-order valence-electron chi connectivity index (χ0n) is 11.0. The highest BCUT2D eigenvalue weighted by atomic mass is 35.5. The van der Waals surface area contributed by atoms with Gasteiger partial charge in [0.1, 0.15) is 11.0 Å². The van der Waals surface area contributed by atoms with Gasteiger partial charge in [0.2, 0.25) is 5.91 Å². The van der Waals surface area contributed by atoms with E-state index in [9.17, 15) is 4.79 Å². The van der Waals surface area contributed by atoms with Crippen molar-refractivity contribution in [3.8, 4) is 0 Å². The Hall–Kier alpha value is -1.13. The quantitative estimate of drug-likeness (QED) is 0.826. The van der Waals surface area contributed by atoms with Gasteiger partial charge in [-0.25, -0.2) is 4.98 Å². The molecule has 1 heterocycles. The third-order valence-electron chi connectivity index (χ3n) is 2.48. The number of nitrogens with zero attached hydrogens (tertiary/aromatic N) is 1. The molecule has 1 unspecified atom stereocenters. The average molecular weight is 270 g/mol. The fraction of sp³-hybridized carbons (Fsp3) is 0.538. The second-order valence-electron chi connectivity index (χ2n) is 5.53. The minimum atomic E-state index is -0.217. The van der Waals surface area contributed by atoms with Gasteiger partial charge in [-0.15, -0.1) is 0 Å². The predicted molar refractivity (Wildman–Crippen MR) is 74.5 cm³/mol. The van der Waals surface area contributed by atoms with Crippen molar-refractivity contribution in [1.82, 2.24) is 4.98 Å². The molecule has 1 aromatic rings. The van der Waals surface area contributed by atoms with Gasteiger partial charge in [0, 0.05) is 6.54 Å². The van der Waals surface area contributed by atoms with Gasteiger partial charge in [0.25, 0.3) is 0 Å². The van der Waals surface area contributed by atoms with E-state index in [-0.39, 0.29) is 17.2 Å². The molecule has 1 amide bonds. The minimum Gasteiger partial charge on any atom is -0.330 e. The lowest BCUT2D eigenvalue weighted by Gasteiger charge is -2.24. The van der Waals surface area contributed by atoms with E-state index >= 15 is 0 Å². The smallest absolute Gasteiger partial charge is 0.229 e. The number of nitrogens with one attached hydrogen (secondary N) is 1. The van der Waals surface area contributed by atoms with Crippen LogP contribution in [0.15, 0.2) is 18.2 Å². The lowest BCUT2D eigenvalue weighted by atomic mass is 9.84. The van der Waals surface area contributed by atoms with Crippen LogP contribution in [0.4, 0.5) is 5.82 Å². The highest BCUT2D eigenvalue weighted by molar-refractivity contribution is 6.29. The van der Waals surface area contributed by atoms with E-state index in [2.05, 4.69) is 31.1 Å². The summed E-state index contributed by atoms with van der Waals surface area (Å²) in [6.07, 6.45) is 0.732. The van der Waals surface area contributed by atoms with Gasteiger partial charge in [0.05, 0.1) is 5.92 Å². The second-order valence-corrected chi connectivity index (χ2v) is 5.92. The first-order valence-corrected chi connectivity index (χ1v) is 6.33. The van der Waals surface area contributed by atoms with Gasteiger partial charge in [-0.05, 0) is 24.0 Å². The van der Waals surface area contributed by atoms with Crippen LogP contribution < -0.4 is 11.1 Å². The molecule has 0 aliphatic carbocycles. The van der Waals surface area contributed by atoms with E-state index in [1.54, 1.807) is 18.2 Å². The van der Waals surface area contributed by atoms with Gasteiger partial charge in [-0.3, -0.25) is 4.79 Å². The van der Waals surface area contributed by atoms with Crippen LogP contribution in [-0.2, 0) is 4.79 Å². The van der Waals surface area contributed by atoms with Crippen molar-refractivity contribution in [2.45, 2.75) is 27.2 Å². The summed E-state index contributed by atoms with van der Waals surface area (Å²) in [7, 11) is 0. The third kappa shape index (κ3) is 5.02. The molecule has 5 heteroatoms. The summed E-state index contributed by atoms with van der Waals surface area (Å²) in [6, 6.07) is 5.10. The molecule has 0 fully saturated rings. The first-order valence-electron chi connectivity index (χ1n) is 5.95. The summed E-state index contributed by atoms with van der Waals surface area (Å²) in [5.41, 5.74) is 5.72. The molecule has 0 aliphatic heterocycles. The molecule has 0 spiro atoms. The fourth-order valence-electron chi connectivity index (χ4n) is 1.73. The van der Waals surface area contributed by atoms with E-state index in [0.29, 0.717) is 17.5 Å². The first-order chi connectivity index (χ1) is 8.31. The number of halogens is 1. The van der Waals surface area contributed by atoms with Crippen molar-refractivity contribution in [3.05, 3.63) is 23.4 Å². The number of hydrogen-bond donors (Lipinski definition) is 2. The number of carbonyl (C=O) groups excluding carboxylic acids is 1. The van der Waals surface area contributed by atoms with Crippen LogP contribution in [0.2, 0.25) is 5.15 Å². The summed E-state index contributed by atoms with van der Waals surface area (Å²) in [5.74, 6) is 0.132. The highest BCUT2D eigenvalue weighted by Crippen LogP contribution is 2.24. The monoisotopic (exact) mass is 269 g/mol. The van der Waals surface area contributed by atoms with Crippen molar-refractivity contribution in [2.75, 3.05) is 11.9 Å². The van der Waals surface area contributed by atoms with Crippen LogP contribution in [0.3, 0.4) is 0 Å². The molecule has 1 atom stereocenters. The Labute approximate surface area is 113 Å². The molecule has 18 heavy (non-hydrogen) atoms. The summed E-state index contributed by atoms with van der Waals surface area (Å²) >= 11 is 5.76. The Bertz CT molecular complexity index is 415. The zero-order valence-corrected chi connectivity index (χ0v) is 11.8. The maximum absolute atomic E-state index is 12.1. The largest absolute Gasteiger partial charge is 0.330 e. The van der Waals surface area contributed by atoms with Gasteiger partial charge < -0.3 is 11.1 Å². The average Bonchev–Trinajstić information content (AvgIpc) is 2.24. The van der Waals surface area contributed by atoms with Crippen molar-refractivity contribution in [3.63, 3.8) is 0 Å². The number of pyridine rings is 1. The van der Waals surface area contributed by atoms with Crippen LogP contribution in [0, 0.1) is 11.3 Å². The van der Waals surface area contributed by atoms with Crippen molar-refractivity contribution < 1.29 is 4.79 Å². The number of anilines is 1. The van der Waals surface area contributed by atoms with Crippen LogP contribution in [0.5, 0.6) is 0 Å². The molecular weight excluding hydrogens is 250 g/mol. The standard InChI is InChI=1S/C13H20ClN3O/c1-13(2,3)7-9(8-15)12(18)17-11-6-4-5-10(14)16-11/h4-6,9H,7-8,15H2,1-3H3,(H,16,17,18). The Morgan fingerprint density at radius 3 is 2.67 bits per heavy atom. The molecule has 1 aromatic heterocycles. The lowest BCUT2D eigenvalue weighted by molar-refractivity contribution is -0.120. The summed E-state index contributed by atoms with van der Waals surface area (Å²) < 4.78 is 0. The Morgan fingerprint density at radius 1 is 1.50 bits per heavy atom. The van der Waals surface area contributed by atoms with Gasteiger partial charge in [-0.1, -0.05) is 38.4 Å². The van der Waals surface area contributed by atoms with Gasteiger partial charge >= 0.3 is 0 Å². The molecule has 0 saturated heterocycles. The molecule has 0 radical (unpaired) electrons. The van der Waals surface area contributed by atoms with E-state index in [1.807, 2.05) is 0 Å². The Morgan fingerprint density at radius 2 is 2.17 bits per heavy atom. The summed E-state index contributed by atoms with van der Waals surface area (Å²) in [4.78, 5) is 16.1. The fourth-order valence-corrected chi connectivity index (χ4v) is 1.89. The van der Waals surface area contributed by atoms with Crippen molar-refractivity contribution in [1.29, 1.82) is 0 Å². The normalized spacial score (nSPS) is 13.2. The molecule has 0 bridgehead atoms. The molecule has 4 nitrogen and oxygen atoms in total. The van der Waals surface area contributed by atoms with Crippen molar-refractivity contribution in [2.24, 2.45) is 17.1 Å². The SMILES string of the molecule is CC(C)(C)CC(CN)C(=O)Nc1cccc(Cl)n1. The maximum atomic E-state index is 12.1. The molecule has 0 saturated carbocycles. The number of amides is 1. The Kier molecular flexibility index (Phi) is 5.11. The summed E-state index contributed by atoms with van der Waals surface area (Å²) in [5, 5.41) is 3.10. The number of rotatable bonds is 4. The van der Waals surface area contributed by atoms with Crippen molar-refractivity contribution >= 4 is 23.3 Å². The molecule has 1 rings (SSSR count). The van der Waals surface area contributed by atoms with E-state index in [0.717, 1.165) is 6.42 Å². The number of aromatic nitrogens is 1. The zero-order chi connectivity index (χ0) is 13.8. The van der Waals surface area contributed by atoms with E-state index in [1.165, 1.54) is 0 Å². The van der Waals surface area contributed by atoms with E-state index in [4.69, 9.17) is 17.3 Å². The molecule has 100 valence electrons. The van der Waals surface area contributed by atoms with E-state index < -0.39 is 0 Å². The highest BCUT2D eigenvalue weighted by Gasteiger charge is 2.23.